The van der Waals surface area contributed by atoms with Gasteiger partial charge in [-0.15, -0.1) is 0 Å². The molecule has 5 atom stereocenters. The van der Waals surface area contributed by atoms with Crippen molar-refractivity contribution in [1.29, 1.82) is 0 Å². The van der Waals surface area contributed by atoms with Gasteiger partial charge in [0.2, 0.25) is 0 Å². The molecule has 0 aromatic heterocycles. The first-order valence-corrected chi connectivity index (χ1v) is 8.37. The third-order valence-corrected chi connectivity index (χ3v) is 4.48. The highest BCUT2D eigenvalue weighted by Crippen LogP contribution is 2.22. The summed E-state index contributed by atoms with van der Waals surface area (Å²) in [6.07, 6.45) is -5.06. The van der Waals surface area contributed by atoms with Crippen molar-refractivity contribution in [2.45, 2.75) is 30.6 Å². The van der Waals surface area contributed by atoms with Gasteiger partial charge in [-0.2, -0.15) is 0 Å². The Morgan fingerprint density at radius 2 is 1.69 bits per heavy atom. The van der Waals surface area contributed by atoms with Crippen LogP contribution in [0.1, 0.15) is 10.4 Å². The molecule has 7 heteroatoms. The third kappa shape index (κ3) is 3.77. The van der Waals surface area contributed by atoms with E-state index in [9.17, 15) is 20.1 Å². The van der Waals surface area contributed by atoms with E-state index in [1.54, 1.807) is 18.2 Å². The molecule has 2 aromatic rings. The molecule has 0 aliphatic carbocycles. The Bertz CT molecular complexity index is 755. The Balaban J connectivity index is 1.76. The van der Waals surface area contributed by atoms with E-state index in [-0.39, 0.29) is 6.54 Å². The van der Waals surface area contributed by atoms with Gasteiger partial charge in [-0.25, -0.2) is 0 Å². The summed E-state index contributed by atoms with van der Waals surface area (Å²) in [6, 6.07) is 15.4. The quantitative estimate of drug-likeness (QED) is 0.518. The van der Waals surface area contributed by atoms with Crippen molar-refractivity contribution in [1.82, 2.24) is 5.32 Å². The van der Waals surface area contributed by atoms with E-state index in [2.05, 4.69) is 5.32 Å². The van der Waals surface area contributed by atoms with Gasteiger partial charge < -0.3 is 31.1 Å². The molecule has 0 spiro atoms. The number of nitrogens with two attached hydrogens (primary N) is 1. The fourth-order valence-corrected chi connectivity index (χ4v) is 3.00. The van der Waals surface area contributed by atoms with Gasteiger partial charge in [-0.1, -0.05) is 42.5 Å². The Labute approximate surface area is 151 Å². The third-order valence-electron chi connectivity index (χ3n) is 4.48. The summed E-state index contributed by atoms with van der Waals surface area (Å²) < 4.78 is 5.17. The van der Waals surface area contributed by atoms with Crippen LogP contribution in [0, 0.1) is 0 Å². The molecule has 2 aromatic carbocycles. The molecular weight excluding hydrogens is 336 g/mol. The van der Waals surface area contributed by atoms with Crippen LogP contribution in [-0.4, -0.2) is 58.4 Å². The van der Waals surface area contributed by atoms with Gasteiger partial charge in [0.25, 0.3) is 5.91 Å². The van der Waals surface area contributed by atoms with Crippen LogP contribution in [0.4, 0.5) is 0 Å². The Morgan fingerprint density at radius 1 is 1.00 bits per heavy atom. The Kier molecular flexibility index (Phi) is 5.65. The number of benzene rings is 2. The molecule has 26 heavy (non-hydrogen) atoms. The van der Waals surface area contributed by atoms with Crippen LogP contribution < -0.4 is 11.1 Å². The summed E-state index contributed by atoms with van der Waals surface area (Å²) in [5, 5.41) is 32.7. The second-order valence-electron chi connectivity index (χ2n) is 6.23. The molecule has 1 heterocycles. The van der Waals surface area contributed by atoms with E-state index in [1.807, 2.05) is 36.4 Å². The van der Waals surface area contributed by atoms with E-state index < -0.39 is 36.6 Å². The molecule has 0 radical (unpaired) electrons. The molecule has 0 bridgehead atoms. The van der Waals surface area contributed by atoms with Crippen LogP contribution in [-0.2, 0) is 4.74 Å². The molecule has 7 nitrogen and oxygen atoms in total. The van der Waals surface area contributed by atoms with Gasteiger partial charge in [0.05, 0.1) is 0 Å². The van der Waals surface area contributed by atoms with Crippen molar-refractivity contribution in [3.63, 3.8) is 0 Å². The van der Waals surface area contributed by atoms with Crippen molar-refractivity contribution >= 4 is 5.91 Å². The van der Waals surface area contributed by atoms with E-state index in [0.29, 0.717) is 5.56 Å². The van der Waals surface area contributed by atoms with Gasteiger partial charge >= 0.3 is 0 Å². The second-order valence-corrected chi connectivity index (χ2v) is 6.23. The SMILES string of the molecule is NC[C@H]1O[C@H](O)[C@@H](NC(=O)c2cccc(-c3ccccc3)c2)[C@@H](O)[C@@H]1O. The lowest BCUT2D eigenvalue weighted by atomic mass is 9.96. The average molecular weight is 358 g/mol. The monoisotopic (exact) mass is 358 g/mol. The maximum Gasteiger partial charge on any atom is 0.251 e. The predicted octanol–water partition coefficient (Wildman–Crippen LogP) is -0.150. The highest BCUT2D eigenvalue weighted by atomic mass is 16.6. The number of carbonyl (C=O) groups is 1. The van der Waals surface area contributed by atoms with Crippen molar-refractivity contribution in [2.75, 3.05) is 6.54 Å². The molecule has 1 saturated heterocycles. The molecule has 0 saturated carbocycles. The number of aliphatic hydroxyl groups excluding tert-OH is 3. The number of ether oxygens (including phenoxy) is 1. The van der Waals surface area contributed by atoms with E-state index in [0.717, 1.165) is 11.1 Å². The molecule has 1 aliphatic heterocycles. The molecule has 138 valence electrons. The Hall–Kier alpha value is -2.29. The molecule has 3 rings (SSSR count). The van der Waals surface area contributed by atoms with Crippen LogP contribution in [0.3, 0.4) is 0 Å². The van der Waals surface area contributed by atoms with Gasteiger partial charge in [-0.05, 0) is 23.3 Å². The van der Waals surface area contributed by atoms with Crippen LogP contribution in [0.25, 0.3) is 11.1 Å². The number of rotatable bonds is 4. The molecule has 1 aliphatic rings. The van der Waals surface area contributed by atoms with Crippen LogP contribution in [0.5, 0.6) is 0 Å². The van der Waals surface area contributed by atoms with Crippen molar-refractivity contribution in [3.8, 4) is 11.1 Å². The predicted molar refractivity (Wildman–Crippen MR) is 95.1 cm³/mol. The maximum atomic E-state index is 12.6. The molecule has 0 unspecified atom stereocenters. The maximum absolute atomic E-state index is 12.6. The summed E-state index contributed by atoms with van der Waals surface area (Å²) in [4.78, 5) is 12.6. The number of nitrogens with one attached hydrogen (secondary N) is 1. The lowest BCUT2D eigenvalue weighted by molar-refractivity contribution is -0.242. The lowest BCUT2D eigenvalue weighted by Gasteiger charge is -2.40. The van der Waals surface area contributed by atoms with Crippen molar-refractivity contribution < 1.29 is 24.9 Å². The number of hydrogen-bond donors (Lipinski definition) is 5. The van der Waals surface area contributed by atoms with Crippen LogP contribution >= 0.6 is 0 Å². The zero-order valence-corrected chi connectivity index (χ0v) is 14.0. The zero-order chi connectivity index (χ0) is 18.7. The first kappa shape index (κ1) is 18.5. The van der Waals surface area contributed by atoms with Crippen LogP contribution in [0.15, 0.2) is 54.6 Å². The minimum absolute atomic E-state index is 0.0604. The summed E-state index contributed by atoms with van der Waals surface area (Å²) in [7, 11) is 0. The number of aliphatic hydroxyl groups is 3. The topological polar surface area (TPSA) is 125 Å². The average Bonchev–Trinajstić information content (AvgIpc) is 2.68. The lowest BCUT2D eigenvalue weighted by Crippen LogP contribution is -2.64. The molecular formula is C19H22N2O5. The van der Waals surface area contributed by atoms with Crippen LogP contribution in [0.2, 0.25) is 0 Å². The highest BCUT2D eigenvalue weighted by Gasteiger charge is 2.44. The zero-order valence-electron chi connectivity index (χ0n) is 14.0. The molecule has 6 N–H and O–H groups in total. The summed E-state index contributed by atoms with van der Waals surface area (Å²) >= 11 is 0. The Morgan fingerprint density at radius 3 is 2.38 bits per heavy atom. The summed E-state index contributed by atoms with van der Waals surface area (Å²) in [6.45, 7) is -0.0604. The van der Waals surface area contributed by atoms with Crippen molar-refractivity contribution in [3.05, 3.63) is 60.2 Å². The van der Waals surface area contributed by atoms with Crippen molar-refractivity contribution in [2.24, 2.45) is 5.73 Å². The molecule has 1 fully saturated rings. The summed E-state index contributed by atoms with van der Waals surface area (Å²) in [5.74, 6) is -0.493. The number of carbonyl (C=O) groups excluding carboxylic acids is 1. The van der Waals surface area contributed by atoms with E-state index >= 15 is 0 Å². The van der Waals surface area contributed by atoms with Gasteiger partial charge in [0.15, 0.2) is 6.29 Å². The first-order chi connectivity index (χ1) is 12.5. The summed E-state index contributed by atoms with van der Waals surface area (Å²) in [5.41, 5.74) is 7.62. The fraction of sp³-hybridized carbons (Fsp3) is 0.316. The van der Waals surface area contributed by atoms with E-state index in [4.69, 9.17) is 10.5 Å². The van der Waals surface area contributed by atoms with Gasteiger partial charge in [-0.3, -0.25) is 4.79 Å². The minimum atomic E-state index is -1.47. The fourth-order valence-electron chi connectivity index (χ4n) is 3.00. The molecule has 1 amide bonds. The van der Waals surface area contributed by atoms with Gasteiger partial charge in [0, 0.05) is 12.1 Å². The first-order valence-electron chi connectivity index (χ1n) is 8.37. The second kappa shape index (κ2) is 7.94. The number of hydrogen-bond acceptors (Lipinski definition) is 6. The normalized spacial score (nSPS) is 28.5. The largest absolute Gasteiger partial charge is 0.388 e. The van der Waals surface area contributed by atoms with E-state index in [1.165, 1.54) is 0 Å². The highest BCUT2D eigenvalue weighted by molar-refractivity contribution is 5.95. The van der Waals surface area contributed by atoms with Gasteiger partial charge in [0.1, 0.15) is 24.4 Å². The standard InChI is InChI=1S/C19H22N2O5/c20-10-14-16(22)17(23)15(19(25)26-14)21-18(24)13-8-4-7-12(9-13)11-5-2-1-3-6-11/h1-9,14-17,19,22-23,25H,10,20H2,(H,21,24)/t14-,15+,16-,17-,19+/m1/s1. The minimum Gasteiger partial charge on any atom is -0.388 e. The number of amides is 1. The smallest absolute Gasteiger partial charge is 0.251 e.